The lowest BCUT2D eigenvalue weighted by Crippen LogP contribution is -2.19. The molecule has 0 atom stereocenters. The Balaban J connectivity index is 1.59. The van der Waals surface area contributed by atoms with Crippen LogP contribution < -0.4 is 14.8 Å². The van der Waals surface area contributed by atoms with Crippen LogP contribution in [0.4, 0.5) is 0 Å². The topological polar surface area (TPSA) is 30.5 Å². The minimum Gasteiger partial charge on any atom is -0.490 e. The third-order valence-electron chi connectivity index (χ3n) is 3.93. The average Bonchev–Trinajstić information content (AvgIpc) is 3.23. The Kier molecular flexibility index (Phi) is 3.28. The molecule has 4 heteroatoms. The first-order valence-electron chi connectivity index (χ1n) is 7.43. The number of ether oxygens (including phenoxy) is 2. The smallest absolute Gasteiger partial charge is 0.162 e. The average molecular weight is 289 g/mol. The van der Waals surface area contributed by atoms with Crippen molar-refractivity contribution < 1.29 is 9.47 Å². The lowest BCUT2D eigenvalue weighted by molar-refractivity contribution is 0.297. The van der Waals surface area contributed by atoms with Crippen molar-refractivity contribution in [3.05, 3.63) is 23.1 Å². The molecule has 1 fully saturated rings. The van der Waals surface area contributed by atoms with E-state index in [0.717, 1.165) is 50.1 Å². The molecule has 2 heterocycles. The molecule has 4 rings (SSSR count). The minimum atomic E-state index is 0.751. The van der Waals surface area contributed by atoms with Gasteiger partial charge in [0, 0.05) is 23.2 Å². The summed E-state index contributed by atoms with van der Waals surface area (Å²) in [5, 5.41) is 7.19. The van der Waals surface area contributed by atoms with Gasteiger partial charge in [0.1, 0.15) is 0 Å². The summed E-state index contributed by atoms with van der Waals surface area (Å²) in [6, 6.07) is 5.09. The number of nitrogens with one attached hydrogen (secondary N) is 1. The maximum atomic E-state index is 5.80. The second-order valence-corrected chi connectivity index (χ2v) is 6.50. The van der Waals surface area contributed by atoms with E-state index in [-0.39, 0.29) is 0 Å². The van der Waals surface area contributed by atoms with Gasteiger partial charge < -0.3 is 14.8 Å². The Morgan fingerprint density at radius 3 is 2.75 bits per heavy atom. The van der Waals surface area contributed by atoms with Crippen LogP contribution in [0.15, 0.2) is 17.5 Å². The van der Waals surface area contributed by atoms with Crippen LogP contribution in [-0.4, -0.2) is 25.8 Å². The summed E-state index contributed by atoms with van der Waals surface area (Å²) < 4.78 is 12.9. The van der Waals surface area contributed by atoms with Crippen LogP contribution >= 0.6 is 11.3 Å². The van der Waals surface area contributed by atoms with Crippen LogP contribution in [0.25, 0.3) is 10.1 Å². The largest absolute Gasteiger partial charge is 0.490 e. The van der Waals surface area contributed by atoms with Gasteiger partial charge in [0.15, 0.2) is 11.5 Å². The third-order valence-corrected chi connectivity index (χ3v) is 4.92. The van der Waals surface area contributed by atoms with Crippen molar-refractivity contribution in [1.82, 2.24) is 5.32 Å². The monoisotopic (exact) mass is 289 g/mol. The van der Waals surface area contributed by atoms with Crippen LogP contribution in [0.3, 0.4) is 0 Å². The van der Waals surface area contributed by atoms with Gasteiger partial charge in [-0.2, -0.15) is 0 Å². The van der Waals surface area contributed by atoms with Crippen molar-refractivity contribution in [1.29, 1.82) is 0 Å². The number of fused-ring (bicyclic) bond motifs is 2. The molecule has 106 valence electrons. The fraction of sp³-hybridized carbons (Fsp3) is 0.500. The van der Waals surface area contributed by atoms with Crippen LogP contribution in [0.1, 0.15) is 24.8 Å². The predicted octanol–water partition coefficient (Wildman–Crippen LogP) is 3.36. The summed E-state index contributed by atoms with van der Waals surface area (Å²) in [4.78, 5) is 0. The molecule has 0 amide bonds. The molecule has 0 spiro atoms. The molecule has 3 nitrogen and oxygen atoms in total. The Hall–Kier alpha value is -1.26. The summed E-state index contributed by atoms with van der Waals surface area (Å²) in [7, 11) is 0. The highest BCUT2D eigenvalue weighted by molar-refractivity contribution is 7.17. The normalized spacial score (nSPS) is 18.2. The molecule has 0 unspecified atom stereocenters. The van der Waals surface area contributed by atoms with Crippen molar-refractivity contribution in [2.45, 2.75) is 31.7 Å². The van der Waals surface area contributed by atoms with Gasteiger partial charge in [-0.1, -0.05) is 0 Å². The van der Waals surface area contributed by atoms with Crippen molar-refractivity contribution >= 4 is 21.4 Å². The molecule has 1 N–H and O–H groups in total. The SMILES string of the molecule is c1sc2cc3c(cc2c1CCNC1CC1)OCCCO3. The second kappa shape index (κ2) is 5.26. The Labute approximate surface area is 122 Å². The first kappa shape index (κ1) is 12.5. The third kappa shape index (κ3) is 2.50. The number of benzene rings is 1. The van der Waals surface area contributed by atoms with Gasteiger partial charge >= 0.3 is 0 Å². The molecular formula is C16H19NO2S. The summed E-state index contributed by atoms with van der Waals surface area (Å²) in [6.45, 7) is 2.58. The van der Waals surface area contributed by atoms with Gasteiger partial charge in [0.05, 0.1) is 13.2 Å². The quantitative estimate of drug-likeness (QED) is 0.936. The molecule has 20 heavy (non-hydrogen) atoms. The van der Waals surface area contributed by atoms with E-state index in [1.807, 2.05) is 0 Å². The standard InChI is InChI=1S/C16H19NO2S/c1-6-18-14-8-13-11(4-5-17-12-2-3-12)10-20-16(13)9-15(14)19-7-1/h8-10,12,17H,1-7H2. The molecular weight excluding hydrogens is 270 g/mol. The Morgan fingerprint density at radius 1 is 1.15 bits per heavy atom. The molecule has 1 aromatic heterocycles. The number of hydrogen-bond donors (Lipinski definition) is 1. The lowest BCUT2D eigenvalue weighted by Gasteiger charge is -2.08. The molecule has 0 radical (unpaired) electrons. The van der Waals surface area contributed by atoms with E-state index in [4.69, 9.17) is 9.47 Å². The fourth-order valence-electron chi connectivity index (χ4n) is 2.63. The van der Waals surface area contributed by atoms with Gasteiger partial charge in [0.2, 0.25) is 0 Å². The zero-order chi connectivity index (χ0) is 13.4. The van der Waals surface area contributed by atoms with Gasteiger partial charge in [-0.15, -0.1) is 11.3 Å². The van der Waals surface area contributed by atoms with Gasteiger partial charge in [-0.3, -0.25) is 0 Å². The highest BCUT2D eigenvalue weighted by Crippen LogP contribution is 2.38. The van der Waals surface area contributed by atoms with Gasteiger partial charge in [0.25, 0.3) is 0 Å². The summed E-state index contributed by atoms with van der Waals surface area (Å²) in [5.41, 5.74) is 1.42. The number of thiophene rings is 1. The molecule has 0 bridgehead atoms. The van der Waals surface area contributed by atoms with Crippen LogP contribution in [0, 0.1) is 0 Å². The van der Waals surface area contributed by atoms with Crippen LogP contribution in [0.5, 0.6) is 11.5 Å². The Bertz CT molecular complexity index is 618. The van der Waals surface area contributed by atoms with Crippen molar-refractivity contribution in [2.24, 2.45) is 0 Å². The van der Waals surface area contributed by atoms with E-state index in [0.29, 0.717) is 0 Å². The highest BCUT2D eigenvalue weighted by Gasteiger charge is 2.20. The van der Waals surface area contributed by atoms with Gasteiger partial charge in [-0.05, 0) is 48.2 Å². The predicted molar refractivity (Wildman–Crippen MR) is 82.2 cm³/mol. The van der Waals surface area contributed by atoms with Crippen molar-refractivity contribution in [3.63, 3.8) is 0 Å². The van der Waals surface area contributed by atoms with Gasteiger partial charge in [-0.25, -0.2) is 0 Å². The summed E-state index contributed by atoms with van der Waals surface area (Å²) >= 11 is 1.80. The minimum absolute atomic E-state index is 0.751. The maximum Gasteiger partial charge on any atom is 0.162 e. The zero-order valence-corrected chi connectivity index (χ0v) is 12.3. The molecule has 0 saturated heterocycles. The molecule has 1 saturated carbocycles. The summed E-state index contributed by atoms with van der Waals surface area (Å²) in [5.74, 6) is 1.81. The Morgan fingerprint density at radius 2 is 1.95 bits per heavy atom. The van der Waals surface area contributed by atoms with Crippen LogP contribution in [-0.2, 0) is 6.42 Å². The van der Waals surface area contributed by atoms with E-state index < -0.39 is 0 Å². The van der Waals surface area contributed by atoms with Crippen molar-refractivity contribution in [3.8, 4) is 11.5 Å². The molecule has 2 aliphatic rings. The molecule has 2 aromatic rings. The zero-order valence-electron chi connectivity index (χ0n) is 11.5. The molecule has 1 aromatic carbocycles. The first-order chi connectivity index (χ1) is 9.90. The maximum absolute atomic E-state index is 5.80. The number of rotatable bonds is 4. The first-order valence-corrected chi connectivity index (χ1v) is 8.31. The molecule has 1 aliphatic carbocycles. The highest BCUT2D eigenvalue weighted by atomic mass is 32.1. The van der Waals surface area contributed by atoms with E-state index in [1.165, 1.54) is 28.5 Å². The lowest BCUT2D eigenvalue weighted by atomic mass is 10.1. The molecule has 1 aliphatic heterocycles. The number of hydrogen-bond acceptors (Lipinski definition) is 4. The van der Waals surface area contributed by atoms with E-state index in [2.05, 4.69) is 22.8 Å². The van der Waals surface area contributed by atoms with E-state index in [1.54, 1.807) is 11.3 Å². The van der Waals surface area contributed by atoms with E-state index >= 15 is 0 Å². The summed E-state index contributed by atoms with van der Waals surface area (Å²) in [6.07, 6.45) is 4.75. The van der Waals surface area contributed by atoms with Crippen molar-refractivity contribution in [2.75, 3.05) is 19.8 Å². The fourth-order valence-corrected chi connectivity index (χ4v) is 3.63. The second-order valence-electron chi connectivity index (χ2n) is 5.58. The van der Waals surface area contributed by atoms with E-state index in [9.17, 15) is 0 Å². The van der Waals surface area contributed by atoms with Crippen LogP contribution in [0.2, 0.25) is 0 Å².